The zero-order chi connectivity index (χ0) is 39.4. The van der Waals surface area contributed by atoms with Gasteiger partial charge in [-0.05, 0) is 159 Å². The molecule has 7 aromatic rings. The molecule has 2 aliphatic heterocycles. The highest BCUT2D eigenvalue weighted by Crippen LogP contribution is 2.71. The van der Waals surface area contributed by atoms with Gasteiger partial charge in [0, 0.05) is 27.8 Å². The van der Waals surface area contributed by atoms with E-state index in [4.69, 9.17) is 0 Å². The van der Waals surface area contributed by atoms with E-state index in [0.29, 0.717) is 0 Å². The minimum Gasteiger partial charge on any atom is -0.309 e. The molecular formula is C56H52N2. The maximum atomic E-state index is 2.69. The number of fused-ring (bicyclic) bond motifs is 5. The van der Waals surface area contributed by atoms with Gasteiger partial charge in [-0.25, -0.2) is 0 Å². The van der Waals surface area contributed by atoms with Crippen LogP contribution in [0.2, 0.25) is 0 Å². The van der Waals surface area contributed by atoms with E-state index in [9.17, 15) is 0 Å². The van der Waals surface area contributed by atoms with Crippen molar-refractivity contribution in [1.82, 2.24) is 0 Å². The average Bonchev–Trinajstić information content (AvgIpc) is 3.96. The fraction of sp³-hybridized carbons (Fsp3) is 0.286. The Morgan fingerprint density at radius 3 is 1.52 bits per heavy atom. The highest BCUT2D eigenvalue weighted by Gasteiger charge is 2.50. The molecule has 1 atom stereocenters. The van der Waals surface area contributed by atoms with E-state index in [-0.39, 0.29) is 16.7 Å². The first-order chi connectivity index (χ1) is 28.0. The molecule has 7 aromatic carbocycles. The molecule has 0 aromatic heterocycles. The van der Waals surface area contributed by atoms with Gasteiger partial charge in [-0.15, -0.1) is 0 Å². The molecule has 0 saturated heterocycles. The van der Waals surface area contributed by atoms with Crippen LogP contribution in [0.5, 0.6) is 0 Å². The van der Waals surface area contributed by atoms with E-state index in [0.717, 1.165) is 25.7 Å². The summed E-state index contributed by atoms with van der Waals surface area (Å²) in [7, 11) is 0. The van der Waals surface area contributed by atoms with Crippen LogP contribution in [0.25, 0.3) is 32.7 Å². The van der Waals surface area contributed by atoms with Gasteiger partial charge >= 0.3 is 0 Å². The van der Waals surface area contributed by atoms with Crippen molar-refractivity contribution in [2.45, 2.75) is 104 Å². The van der Waals surface area contributed by atoms with Crippen LogP contribution < -0.4 is 9.80 Å². The molecule has 0 radical (unpaired) electrons. The molecular weight excluding hydrogens is 701 g/mol. The molecule has 286 valence electrons. The van der Waals surface area contributed by atoms with Crippen LogP contribution in [0.3, 0.4) is 0 Å². The lowest BCUT2D eigenvalue weighted by atomic mass is 9.84. The van der Waals surface area contributed by atoms with E-state index in [2.05, 4.69) is 167 Å². The maximum Gasteiger partial charge on any atom is 0.0561 e. The van der Waals surface area contributed by atoms with Gasteiger partial charge in [0.05, 0.1) is 34.1 Å². The number of nitrogens with zero attached hydrogens (tertiary/aromatic N) is 2. The molecule has 0 N–H and O–H groups in total. The lowest BCUT2D eigenvalue weighted by Gasteiger charge is -2.35. The van der Waals surface area contributed by atoms with Gasteiger partial charge < -0.3 is 9.80 Å². The molecule has 12 rings (SSSR count). The zero-order valence-electron chi connectivity index (χ0n) is 35.1. The van der Waals surface area contributed by atoms with Crippen molar-refractivity contribution in [3.05, 3.63) is 165 Å². The Labute approximate surface area is 343 Å². The molecule has 5 aliphatic rings. The van der Waals surface area contributed by atoms with Crippen LogP contribution in [-0.2, 0) is 36.5 Å². The highest BCUT2D eigenvalue weighted by atomic mass is 15.2. The summed E-state index contributed by atoms with van der Waals surface area (Å²) in [5, 5.41) is 5.68. The SMILES string of the molecule is Cc1cc2c3c(c1)N(c1ccc4c5c(cccc15)CCC4)c1cc(C(C)(C)C)ccc1C1C(=C31)c1ccc(C(C)(C)C)cc1N2c1ccc2c3c(cccc13)CCC2. The first-order valence-electron chi connectivity index (χ1n) is 21.8. The third-order valence-corrected chi connectivity index (χ3v) is 14.3. The quantitative estimate of drug-likeness (QED) is 0.174. The number of aryl methyl sites for hydroxylation is 5. The molecule has 0 spiro atoms. The molecule has 58 heavy (non-hydrogen) atoms. The van der Waals surface area contributed by atoms with E-state index in [1.54, 1.807) is 0 Å². The molecule has 0 amide bonds. The minimum absolute atomic E-state index is 0.00303. The molecule has 2 nitrogen and oxygen atoms in total. The van der Waals surface area contributed by atoms with Crippen LogP contribution in [0, 0.1) is 6.92 Å². The summed E-state index contributed by atoms with van der Waals surface area (Å²) >= 11 is 0. The smallest absolute Gasteiger partial charge is 0.0561 e. The number of benzene rings is 7. The van der Waals surface area contributed by atoms with Crippen LogP contribution in [0.4, 0.5) is 34.1 Å². The van der Waals surface area contributed by atoms with Crippen molar-refractivity contribution in [3.63, 3.8) is 0 Å². The third-order valence-electron chi connectivity index (χ3n) is 14.3. The van der Waals surface area contributed by atoms with Gasteiger partial charge in [0.2, 0.25) is 0 Å². The Kier molecular flexibility index (Phi) is 6.98. The topological polar surface area (TPSA) is 6.48 Å². The molecule has 0 bridgehead atoms. The lowest BCUT2D eigenvalue weighted by molar-refractivity contribution is 0.590. The van der Waals surface area contributed by atoms with Crippen molar-refractivity contribution < 1.29 is 0 Å². The monoisotopic (exact) mass is 752 g/mol. The van der Waals surface area contributed by atoms with Crippen LogP contribution in [0.1, 0.15) is 116 Å². The van der Waals surface area contributed by atoms with Gasteiger partial charge in [-0.1, -0.05) is 114 Å². The first kappa shape index (κ1) is 34.4. The second kappa shape index (κ2) is 11.8. The summed E-state index contributed by atoms with van der Waals surface area (Å²) in [4.78, 5) is 5.38. The second-order valence-electron chi connectivity index (χ2n) is 20.0. The van der Waals surface area contributed by atoms with E-state index in [1.165, 1.54) is 135 Å². The number of hydrogen-bond acceptors (Lipinski definition) is 2. The number of allylic oxidation sites excluding steroid dienone is 2. The van der Waals surface area contributed by atoms with E-state index in [1.807, 2.05) is 0 Å². The minimum atomic E-state index is 0.00303. The van der Waals surface area contributed by atoms with Gasteiger partial charge in [-0.2, -0.15) is 0 Å². The highest BCUT2D eigenvalue weighted by molar-refractivity contribution is 6.25. The van der Waals surface area contributed by atoms with Crippen LogP contribution >= 0.6 is 0 Å². The summed E-state index contributed by atoms with van der Waals surface area (Å²) in [6, 6.07) is 43.8. The van der Waals surface area contributed by atoms with Gasteiger partial charge in [0.1, 0.15) is 0 Å². The van der Waals surface area contributed by atoms with E-state index < -0.39 is 0 Å². The van der Waals surface area contributed by atoms with Gasteiger partial charge in [-0.3, -0.25) is 0 Å². The van der Waals surface area contributed by atoms with Gasteiger partial charge in [0.25, 0.3) is 0 Å². The Morgan fingerprint density at radius 1 is 0.466 bits per heavy atom. The zero-order valence-corrected chi connectivity index (χ0v) is 35.1. The lowest BCUT2D eigenvalue weighted by Crippen LogP contribution is -2.19. The predicted octanol–water partition coefficient (Wildman–Crippen LogP) is 15.1. The molecule has 0 fully saturated rings. The summed E-state index contributed by atoms with van der Waals surface area (Å²) in [6.45, 7) is 16.5. The molecule has 2 heteroatoms. The molecule has 2 heterocycles. The fourth-order valence-corrected chi connectivity index (χ4v) is 11.4. The summed E-state index contributed by atoms with van der Waals surface area (Å²) in [6.07, 6.45) is 7.04. The molecule has 3 aliphatic carbocycles. The first-order valence-corrected chi connectivity index (χ1v) is 21.8. The summed E-state index contributed by atoms with van der Waals surface area (Å²) in [5.74, 6) is 0.229. The van der Waals surface area contributed by atoms with Gasteiger partial charge in [0.15, 0.2) is 0 Å². The Bertz CT molecular complexity index is 2980. The largest absolute Gasteiger partial charge is 0.309 e. The van der Waals surface area contributed by atoms with Crippen molar-refractivity contribution in [3.8, 4) is 0 Å². The van der Waals surface area contributed by atoms with E-state index >= 15 is 0 Å². The number of hydrogen-bond donors (Lipinski definition) is 0. The van der Waals surface area contributed by atoms with Crippen molar-refractivity contribution in [1.29, 1.82) is 0 Å². The standard InChI is InChI=1S/C56H52N2/c1-32-28-47-53-48(29-32)58(44-27-21-36-15-9-13-34-17-11-19-40(44)50(34)36)46-31-38(56(5,6)7)23-25-42(46)52-51(54(52)53)41-24-22-37(55(2,3)4)30-45(41)57(47)43-26-20-35-14-8-12-33-16-10-18-39(43)49(33)35/h10-11,16-31,51H,8-9,12-15H2,1-7H3. The third kappa shape index (κ3) is 4.78. The Hall–Kier alpha value is -5.60. The summed E-state index contributed by atoms with van der Waals surface area (Å²) in [5.41, 5.74) is 24.9. The molecule has 0 saturated carbocycles. The normalized spacial score (nSPS) is 17.5. The Balaban J connectivity index is 1.22. The Morgan fingerprint density at radius 2 is 0.966 bits per heavy atom. The van der Waals surface area contributed by atoms with Crippen molar-refractivity contribution >= 4 is 66.8 Å². The summed E-state index contributed by atoms with van der Waals surface area (Å²) < 4.78 is 0. The van der Waals surface area contributed by atoms with Crippen molar-refractivity contribution in [2.75, 3.05) is 9.80 Å². The van der Waals surface area contributed by atoms with Crippen LogP contribution in [-0.4, -0.2) is 0 Å². The maximum absolute atomic E-state index is 2.69. The van der Waals surface area contributed by atoms with Crippen LogP contribution in [0.15, 0.2) is 109 Å². The molecule has 1 unspecified atom stereocenters. The predicted molar refractivity (Wildman–Crippen MR) is 247 cm³/mol. The second-order valence-corrected chi connectivity index (χ2v) is 20.0. The fourth-order valence-electron chi connectivity index (χ4n) is 11.4. The van der Waals surface area contributed by atoms with Crippen molar-refractivity contribution in [2.24, 2.45) is 0 Å². The number of rotatable bonds is 2. The number of anilines is 6. The average molecular weight is 753 g/mol.